The van der Waals surface area contributed by atoms with Crippen LogP contribution in [0.1, 0.15) is 24.8 Å². The van der Waals surface area contributed by atoms with Gasteiger partial charge in [-0.05, 0) is 43.4 Å². The Labute approximate surface area is 103 Å². The van der Waals surface area contributed by atoms with Gasteiger partial charge in [0.25, 0.3) is 0 Å². The molecule has 2 N–H and O–H groups in total. The van der Waals surface area contributed by atoms with Crippen molar-refractivity contribution in [3.8, 4) is 5.75 Å². The number of hydrogen-bond acceptors (Lipinski definition) is 3. The summed E-state index contributed by atoms with van der Waals surface area (Å²) in [5.41, 5.74) is 7.39. The van der Waals surface area contributed by atoms with Gasteiger partial charge in [0.05, 0.1) is 13.2 Å². The van der Waals surface area contributed by atoms with Crippen LogP contribution in [0.2, 0.25) is 0 Å². The summed E-state index contributed by atoms with van der Waals surface area (Å²) in [6.07, 6.45) is 4.55. The van der Waals surface area contributed by atoms with Crippen molar-refractivity contribution in [2.24, 2.45) is 5.73 Å². The Bertz CT molecular complexity index is 348. The van der Waals surface area contributed by atoms with E-state index in [2.05, 4.69) is 12.1 Å². The van der Waals surface area contributed by atoms with E-state index in [9.17, 15) is 0 Å². The fraction of sp³-hybridized carbons (Fsp3) is 0.571. The van der Waals surface area contributed by atoms with Crippen molar-refractivity contribution < 1.29 is 9.47 Å². The molecule has 0 spiro atoms. The second-order valence-corrected chi connectivity index (χ2v) is 4.69. The molecule has 2 rings (SSSR count). The smallest absolute Gasteiger partial charge is 0.119 e. The molecule has 0 bridgehead atoms. The molecule has 1 aliphatic rings. The van der Waals surface area contributed by atoms with Gasteiger partial charge in [0.15, 0.2) is 0 Å². The maximum Gasteiger partial charge on any atom is 0.119 e. The first-order valence-electron chi connectivity index (χ1n) is 6.28. The normalized spacial score (nSPS) is 21.4. The van der Waals surface area contributed by atoms with Gasteiger partial charge in [-0.3, -0.25) is 0 Å². The van der Waals surface area contributed by atoms with Crippen molar-refractivity contribution in [1.29, 1.82) is 0 Å². The second kappa shape index (κ2) is 6.03. The van der Waals surface area contributed by atoms with Gasteiger partial charge in [-0.2, -0.15) is 0 Å². The Balaban J connectivity index is 1.85. The molecule has 0 amide bonds. The summed E-state index contributed by atoms with van der Waals surface area (Å²) in [6, 6.07) is 8.28. The lowest BCUT2D eigenvalue weighted by molar-refractivity contribution is 0.0983. The van der Waals surface area contributed by atoms with Crippen molar-refractivity contribution in [2.45, 2.75) is 37.8 Å². The fourth-order valence-electron chi connectivity index (χ4n) is 2.35. The van der Waals surface area contributed by atoms with Gasteiger partial charge in [-0.15, -0.1) is 0 Å². The van der Waals surface area contributed by atoms with Crippen LogP contribution in [0.3, 0.4) is 0 Å². The minimum Gasteiger partial charge on any atom is -0.497 e. The summed E-state index contributed by atoms with van der Waals surface area (Å²) in [6.45, 7) is 0.899. The standard InChI is InChI=1S/C14H21NO2/c1-16-13-5-2-4-11(9-13)8-12(15)10-14-6-3-7-17-14/h2,4-5,9,12,14H,3,6-8,10,15H2,1H3. The topological polar surface area (TPSA) is 44.5 Å². The number of hydrogen-bond donors (Lipinski definition) is 1. The second-order valence-electron chi connectivity index (χ2n) is 4.69. The van der Waals surface area contributed by atoms with Crippen LogP contribution in [0.25, 0.3) is 0 Å². The number of benzene rings is 1. The average molecular weight is 235 g/mol. The van der Waals surface area contributed by atoms with Crippen LogP contribution in [-0.4, -0.2) is 25.9 Å². The summed E-state index contributed by atoms with van der Waals surface area (Å²) in [5.74, 6) is 0.895. The van der Waals surface area contributed by atoms with E-state index in [1.807, 2.05) is 12.1 Å². The van der Waals surface area contributed by atoms with E-state index in [1.165, 1.54) is 12.0 Å². The molecule has 1 heterocycles. The molecule has 0 aliphatic carbocycles. The molecular weight excluding hydrogens is 214 g/mol. The SMILES string of the molecule is COc1cccc(CC(N)CC2CCCO2)c1. The molecule has 0 radical (unpaired) electrons. The Kier molecular flexibility index (Phi) is 4.40. The minimum absolute atomic E-state index is 0.171. The lowest BCUT2D eigenvalue weighted by atomic mass is 10.00. The van der Waals surface area contributed by atoms with Crippen LogP contribution in [-0.2, 0) is 11.2 Å². The van der Waals surface area contributed by atoms with Gasteiger partial charge >= 0.3 is 0 Å². The van der Waals surface area contributed by atoms with Gasteiger partial charge in [-0.1, -0.05) is 12.1 Å². The molecule has 17 heavy (non-hydrogen) atoms. The van der Waals surface area contributed by atoms with E-state index in [0.717, 1.165) is 31.6 Å². The van der Waals surface area contributed by atoms with Crippen molar-refractivity contribution in [3.05, 3.63) is 29.8 Å². The largest absolute Gasteiger partial charge is 0.497 e. The molecule has 94 valence electrons. The zero-order valence-electron chi connectivity index (χ0n) is 10.4. The Morgan fingerprint density at radius 1 is 1.53 bits per heavy atom. The number of rotatable bonds is 5. The summed E-state index contributed by atoms with van der Waals surface area (Å²) >= 11 is 0. The maximum atomic E-state index is 6.16. The van der Waals surface area contributed by atoms with Crippen LogP contribution < -0.4 is 10.5 Å². The minimum atomic E-state index is 0.171. The zero-order valence-corrected chi connectivity index (χ0v) is 10.4. The molecule has 3 heteroatoms. The van der Waals surface area contributed by atoms with Gasteiger partial charge in [0, 0.05) is 12.6 Å². The first-order chi connectivity index (χ1) is 8.28. The van der Waals surface area contributed by atoms with E-state index >= 15 is 0 Å². The van der Waals surface area contributed by atoms with Gasteiger partial charge in [-0.25, -0.2) is 0 Å². The van der Waals surface area contributed by atoms with E-state index < -0.39 is 0 Å². The quantitative estimate of drug-likeness (QED) is 0.850. The van der Waals surface area contributed by atoms with Gasteiger partial charge < -0.3 is 15.2 Å². The molecule has 2 unspecified atom stereocenters. The predicted octanol–water partition coefficient (Wildman–Crippen LogP) is 2.13. The molecule has 1 fully saturated rings. The van der Waals surface area contributed by atoms with Crippen LogP contribution in [0, 0.1) is 0 Å². The lowest BCUT2D eigenvalue weighted by Crippen LogP contribution is -2.28. The Hall–Kier alpha value is -1.06. The van der Waals surface area contributed by atoms with Gasteiger partial charge in [0.2, 0.25) is 0 Å². The van der Waals surface area contributed by atoms with Crippen molar-refractivity contribution in [3.63, 3.8) is 0 Å². The van der Waals surface area contributed by atoms with Crippen LogP contribution in [0.4, 0.5) is 0 Å². The molecule has 1 saturated heterocycles. The summed E-state index contributed by atoms with van der Waals surface area (Å²) in [4.78, 5) is 0. The molecular formula is C14H21NO2. The first kappa shape index (κ1) is 12.4. The van der Waals surface area contributed by atoms with E-state index in [0.29, 0.717) is 6.10 Å². The Morgan fingerprint density at radius 3 is 3.12 bits per heavy atom. The molecule has 3 nitrogen and oxygen atoms in total. The maximum absolute atomic E-state index is 6.16. The first-order valence-corrected chi connectivity index (χ1v) is 6.28. The molecule has 2 atom stereocenters. The van der Waals surface area contributed by atoms with E-state index in [-0.39, 0.29) is 6.04 Å². The molecule has 1 aromatic rings. The highest BCUT2D eigenvalue weighted by Crippen LogP contribution is 2.19. The summed E-state index contributed by atoms with van der Waals surface area (Å²) < 4.78 is 10.8. The highest BCUT2D eigenvalue weighted by atomic mass is 16.5. The summed E-state index contributed by atoms with van der Waals surface area (Å²) in [7, 11) is 1.69. The van der Waals surface area contributed by atoms with Gasteiger partial charge in [0.1, 0.15) is 5.75 Å². The van der Waals surface area contributed by atoms with E-state index in [1.54, 1.807) is 7.11 Å². The predicted molar refractivity (Wildman–Crippen MR) is 68.3 cm³/mol. The zero-order chi connectivity index (χ0) is 12.1. The lowest BCUT2D eigenvalue weighted by Gasteiger charge is -2.16. The average Bonchev–Trinajstić information content (AvgIpc) is 2.82. The molecule has 0 aromatic heterocycles. The fourth-order valence-corrected chi connectivity index (χ4v) is 2.35. The van der Waals surface area contributed by atoms with Crippen molar-refractivity contribution in [1.82, 2.24) is 0 Å². The third-order valence-electron chi connectivity index (χ3n) is 3.22. The Morgan fingerprint density at radius 2 is 2.41 bits per heavy atom. The van der Waals surface area contributed by atoms with Crippen LogP contribution in [0.5, 0.6) is 5.75 Å². The van der Waals surface area contributed by atoms with Crippen molar-refractivity contribution >= 4 is 0 Å². The highest BCUT2D eigenvalue weighted by molar-refractivity contribution is 5.28. The monoisotopic (exact) mass is 235 g/mol. The highest BCUT2D eigenvalue weighted by Gasteiger charge is 2.18. The van der Waals surface area contributed by atoms with E-state index in [4.69, 9.17) is 15.2 Å². The van der Waals surface area contributed by atoms with Crippen molar-refractivity contribution in [2.75, 3.05) is 13.7 Å². The number of methoxy groups -OCH3 is 1. The van der Waals surface area contributed by atoms with Crippen LogP contribution in [0.15, 0.2) is 24.3 Å². The summed E-state index contributed by atoms with van der Waals surface area (Å²) in [5, 5.41) is 0. The third kappa shape index (κ3) is 3.72. The number of nitrogens with two attached hydrogens (primary N) is 1. The van der Waals surface area contributed by atoms with Crippen LogP contribution >= 0.6 is 0 Å². The molecule has 0 saturated carbocycles. The molecule has 1 aliphatic heterocycles. The molecule has 1 aromatic carbocycles. The third-order valence-corrected chi connectivity index (χ3v) is 3.22. The number of ether oxygens (including phenoxy) is 2.